The van der Waals surface area contributed by atoms with Crippen molar-refractivity contribution in [1.82, 2.24) is 9.78 Å². The highest BCUT2D eigenvalue weighted by molar-refractivity contribution is 5.45. The number of benzene rings is 1. The number of aromatic hydroxyl groups is 1. The molecule has 0 spiro atoms. The fourth-order valence-corrected chi connectivity index (χ4v) is 1.70. The zero-order chi connectivity index (χ0) is 14.4. The molecule has 2 aromatic rings. The largest absolute Gasteiger partial charge is 0.508 e. The molecule has 0 radical (unpaired) electrons. The standard InChI is InChI=1S/C11H12N8O/c12-17-14-5-10-11(15-18-13)7-19(16-10)6-8-1-3-9(20)4-2-8/h1-4,7,20H,5-6H2,(H2,13,15). The number of nitrogens with one attached hydrogen (secondary N) is 2. The second kappa shape index (κ2) is 6.21. The maximum atomic E-state index is 9.23. The van der Waals surface area contributed by atoms with Crippen LogP contribution in [-0.2, 0) is 13.1 Å². The lowest BCUT2D eigenvalue weighted by atomic mass is 10.2. The lowest BCUT2D eigenvalue weighted by Crippen LogP contribution is -2.00. The maximum absolute atomic E-state index is 9.23. The minimum absolute atomic E-state index is 0.0803. The van der Waals surface area contributed by atoms with Crippen molar-refractivity contribution < 1.29 is 5.11 Å². The summed E-state index contributed by atoms with van der Waals surface area (Å²) in [7, 11) is 0. The van der Waals surface area contributed by atoms with Gasteiger partial charge in [0, 0.05) is 4.91 Å². The molecule has 0 aliphatic rings. The van der Waals surface area contributed by atoms with E-state index in [4.69, 9.17) is 11.1 Å². The summed E-state index contributed by atoms with van der Waals surface area (Å²) in [6.45, 7) is 0.570. The molecule has 2 rings (SSSR count). The monoisotopic (exact) mass is 272 g/mol. The second-order valence-electron chi connectivity index (χ2n) is 3.97. The van der Waals surface area contributed by atoms with E-state index in [0.717, 1.165) is 5.56 Å². The number of rotatable bonds is 6. The van der Waals surface area contributed by atoms with Gasteiger partial charge in [-0.15, -0.1) is 0 Å². The van der Waals surface area contributed by atoms with Crippen molar-refractivity contribution in [3.05, 3.63) is 52.2 Å². The van der Waals surface area contributed by atoms with Gasteiger partial charge in [-0.1, -0.05) is 22.5 Å². The maximum Gasteiger partial charge on any atom is 0.115 e. The highest BCUT2D eigenvalue weighted by atomic mass is 16.3. The molecule has 0 saturated carbocycles. The molecule has 0 saturated heterocycles. The third-order valence-corrected chi connectivity index (χ3v) is 2.58. The first kappa shape index (κ1) is 13.4. The Morgan fingerprint density at radius 3 is 2.80 bits per heavy atom. The van der Waals surface area contributed by atoms with E-state index in [9.17, 15) is 5.11 Å². The van der Waals surface area contributed by atoms with Crippen LogP contribution in [0.3, 0.4) is 0 Å². The summed E-state index contributed by atoms with van der Waals surface area (Å²) in [5, 5.41) is 20.0. The van der Waals surface area contributed by atoms with Gasteiger partial charge >= 0.3 is 0 Å². The van der Waals surface area contributed by atoms with Crippen LogP contribution in [0.25, 0.3) is 10.4 Å². The highest BCUT2D eigenvalue weighted by Crippen LogP contribution is 2.17. The first-order chi connectivity index (χ1) is 9.72. The number of hydrogen-bond acceptors (Lipinski definition) is 5. The van der Waals surface area contributed by atoms with Gasteiger partial charge in [-0.3, -0.25) is 10.1 Å². The molecule has 1 heterocycles. The van der Waals surface area contributed by atoms with Crippen molar-refractivity contribution in [2.24, 2.45) is 10.3 Å². The van der Waals surface area contributed by atoms with Crippen LogP contribution in [0.5, 0.6) is 5.75 Å². The molecule has 1 aromatic heterocycles. The quantitative estimate of drug-likeness (QED) is 0.323. The van der Waals surface area contributed by atoms with Crippen LogP contribution in [0.4, 0.5) is 5.69 Å². The fraction of sp³-hybridized carbons (Fsp3) is 0.182. The van der Waals surface area contributed by atoms with Gasteiger partial charge < -0.3 is 5.11 Å². The van der Waals surface area contributed by atoms with Crippen LogP contribution in [0.1, 0.15) is 11.3 Å². The average Bonchev–Trinajstić information content (AvgIpc) is 2.81. The Labute approximate surface area is 114 Å². The van der Waals surface area contributed by atoms with Crippen molar-refractivity contribution in [3.8, 4) is 5.75 Å². The molecular weight excluding hydrogens is 260 g/mol. The van der Waals surface area contributed by atoms with Crippen molar-refractivity contribution in [2.75, 3.05) is 5.43 Å². The number of aromatic nitrogens is 2. The van der Waals surface area contributed by atoms with Crippen LogP contribution < -0.4 is 5.43 Å². The molecule has 0 fully saturated rings. The summed E-state index contributed by atoms with van der Waals surface area (Å²) in [6, 6.07) is 6.76. The average molecular weight is 272 g/mol. The summed E-state index contributed by atoms with van der Waals surface area (Å²) in [5.74, 6) is 0.202. The highest BCUT2D eigenvalue weighted by Gasteiger charge is 2.08. The van der Waals surface area contributed by atoms with Gasteiger partial charge in [0.2, 0.25) is 0 Å². The van der Waals surface area contributed by atoms with E-state index in [1.807, 2.05) is 0 Å². The van der Waals surface area contributed by atoms with Gasteiger partial charge in [0.05, 0.1) is 30.7 Å². The van der Waals surface area contributed by atoms with Crippen LogP contribution in [0.2, 0.25) is 0 Å². The van der Waals surface area contributed by atoms with Gasteiger partial charge in [0.15, 0.2) is 0 Å². The fourth-order valence-electron chi connectivity index (χ4n) is 1.70. The molecule has 9 heteroatoms. The Bertz CT molecular complexity index is 641. The van der Waals surface area contributed by atoms with Gasteiger partial charge in [-0.05, 0) is 23.2 Å². The third-order valence-electron chi connectivity index (χ3n) is 2.58. The molecule has 0 bridgehead atoms. The zero-order valence-electron chi connectivity index (χ0n) is 10.4. The van der Waals surface area contributed by atoms with E-state index in [-0.39, 0.29) is 12.3 Å². The smallest absolute Gasteiger partial charge is 0.115 e. The minimum Gasteiger partial charge on any atom is -0.508 e. The van der Waals surface area contributed by atoms with Crippen LogP contribution in [-0.4, -0.2) is 14.9 Å². The molecule has 0 unspecified atom stereocenters. The molecule has 0 aliphatic heterocycles. The Morgan fingerprint density at radius 2 is 2.15 bits per heavy atom. The lowest BCUT2D eigenvalue weighted by Gasteiger charge is -2.01. The van der Waals surface area contributed by atoms with E-state index < -0.39 is 0 Å². The Kier molecular flexibility index (Phi) is 4.15. The molecule has 3 N–H and O–H groups in total. The number of hydrogen-bond donors (Lipinski definition) is 3. The van der Waals surface area contributed by atoms with E-state index in [2.05, 4.69) is 25.8 Å². The Hall–Kier alpha value is -3.06. The van der Waals surface area contributed by atoms with Crippen LogP contribution in [0.15, 0.2) is 40.8 Å². The van der Waals surface area contributed by atoms with Crippen LogP contribution in [0, 0.1) is 5.53 Å². The van der Waals surface area contributed by atoms with E-state index in [1.165, 1.54) is 0 Å². The van der Waals surface area contributed by atoms with Gasteiger partial charge in [-0.2, -0.15) is 10.6 Å². The number of azide groups is 1. The Morgan fingerprint density at radius 1 is 1.40 bits per heavy atom. The zero-order valence-corrected chi connectivity index (χ0v) is 10.4. The predicted molar refractivity (Wildman–Crippen MR) is 71.1 cm³/mol. The van der Waals surface area contributed by atoms with Crippen molar-refractivity contribution >= 4 is 5.69 Å². The minimum atomic E-state index is 0.0803. The molecule has 20 heavy (non-hydrogen) atoms. The number of phenolic OH excluding ortho intramolecular Hbond substituents is 1. The second-order valence-corrected chi connectivity index (χ2v) is 3.97. The van der Waals surface area contributed by atoms with E-state index >= 15 is 0 Å². The summed E-state index contributed by atoms with van der Waals surface area (Å²) < 4.78 is 1.64. The Balaban J connectivity index is 2.20. The third kappa shape index (κ3) is 3.24. The van der Waals surface area contributed by atoms with Crippen molar-refractivity contribution in [2.45, 2.75) is 13.1 Å². The number of phenols is 1. The van der Waals surface area contributed by atoms with Crippen molar-refractivity contribution in [1.29, 1.82) is 5.53 Å². The molecule has 9 nitrogen and oxygen atoms in total. The van der Waals surface area contributed by atoms with Gasteiger partial charge in [0.25, 0.3) is 0 Å². The lowest BCUT2D eigenvalue weighted by molar-refractivity contribution is 0.475. The first-order valence-electron chi connectivity index (χ1n) is 5.70. The van der Waals surface area contributed by atoms with Gasteiger partial charge in [-0.25, -0.2) is 0 Å². The van der Waals surface area contributed by atoms with Crippen molar-refractivity contribution in [3.63, 3.8) is 0 Å². The predicted octanol–water partition coefficient (Wildman–Crippen LogP) is 2.81. The van der Waals surface area contributed by atoms with E-state index in [1.54, 1.807) is 35.1 Å². The topological polar surface area (TPSA) is 135 Å². The SMILES string of the molecule is [N-]=[N+]=NCc1nn(Cc2ccc(O)cc2)cc1NN=N. The van der Waals surface area contributed by atoms with Crippen LogP contribution >= 0.6 is 0 Å². The summed E-state index contributed by atoms with van der Waals surface area (Å²) in [6.07, 6.45) is 1.67. The molecule has 102 valence electrons. The van der Waals surface area contributed by atoms with Gasteiger partial charge in [0.1, 0.15) is 5.75 Å². The first-order valence-corrected chi connectivity index (χ1v) is 5.70. The summed E-state index contributed by atoms with van der Waals surface area (Å²) in [5.41, 5.74) is 19.6. The molecule has 0 aliphatic carbocycles. The summed E-state index contributed by atoms with van der Waals surface area (Å²) in [4.78, 5) is 2.68. The summed E-state index contributed by atoms with van der Waals surface area (Å²) >= 11 is 0. The number of anilines is 1. The molecule has 0 atom stereocenters. The number of nitrogens with zero attached hydrogens (tertiary/aromatic N) is 6. The molecule has 0 amide bonds. The molecular formula is C11H12N8O. The van der Waals surface area contributed by atoms with E-state index in [0.29, 0.717) is 17.9 Å². The molecule has 1 aromatic carbocycles. The normalized spacial score (nSPS) is 9.80.